The number of carbonyl (C=O) groups is 1. The van der Waals surface area contributed by atoms with Crippen LogP contribution in [0.4, 0.5) is 5.69 Å². The van der Waals surface area contributed by atoms with Crippen molar-refractivity contribution in [3.63, 3.8) is 0 Å². The van der Waals surface area contributed by atoms with Gasteiger partial charge in [0.05, 0.1) is 5.02 Å². The van der Waals surface area contributed by atoms with E-state index in [1.165, 1.54) is 0 Å². The Morgan fingerprint density at radius 2 is 1.66 bits per heavy atom. The topological polar surface area (TPSA) is 38.3 Å². The summed E-state index contributed by atoms with van der Waals surface area (Å²) in [4.78, 5) is 12.7. The molecule has 3 rings (SSSR count). The number of nitrogens with one attached hydrogen (secondary N) is 1. The summed E-state index contributed by atoms with van der Waals surface area (Å²) < 4.78 is 5.85. The molecule has 0 heterocycles. The lowest BCUT2D eigenvalue weighted by molar-refractivity contribution is -0.122. The first kappa shape index (κ1) is 20.9. The van der Waals surface area contributed by atoms with Crippen molar-refractivity contribution in [1.82, 2.24) is 0 Å². The van der Waals surface area contributed by atoms with Crippen molar-refractivity contribution in [1.29, 1.82) is 0 Å². The van der Waals surface area contributed by atoms with Gasteiger partial charge in [0.2, 0.25) is 0 Å². The van der Waals surface area contributed by atoms with E-state index in [2.05, 4.69) is 25.2 Å². The molecule has 2 atom stereocenters. The van der Waals surface area contributed by atoms with Crippen LogP contribution in [0.25, 0.3) is 11.1 Å². The number of hydrogen-bond acceptors (Lipinski definition) is 2. The lowest BCUT2D eigenvalue weighted by Crippen LogP contribution is -2.30. The third-order valence-electron chi connectivity index (χ3n) is 5.07. The van der Waals surface area contributed by atoms with Crippen LogP contribution >= 0.6 is 11.6 Å². The SMILES string of the molecule is CC[C@H](C)c1ccccc1NC(=O)[C@H](C)Oc1ccc(-c2ccccc2)cc1Cl. The molecule has 1 N–H and O–H groups in total. The first-order chi connectivity index (χ1) is 14.0. The van der Waals surface area contributed by atoms with Crippen molar-refractivity contribution in [3.8, 4) is 16.9 Å². The molecule has 0 fully saturated rings. The van der Waals surface area contributed by atoms with Gasteiger partial charge < -0.3 is 10.1 Å². The zero-order chi connectivity index (χ0) is 20.8. The normalized spacial score (nSPS) is 12.8. The fourth-order valence-electron chi connectivity index (χ4n) is 3.15. The summed E-state index contributed by atoms with van der Waals surface area (Å²) in [6.07, 6.45) is 0.322. The number of anilines is 1. The molecule has 0 spiro atoms. The molecule has 0 bridgehead atoms. The van der Waals surface area contributed by atoms with E-state index < -0.39 is 6.10 Å². The predicted molar refractivity (Wildman–Crippen MR) is 121 cm³/mol. The lowest BCUT2D eigenvalue weighted by Gasteiger charge is -2.19. The van der Waals surface area contributed by atoms with Gasteiger partial charge in [0.1, 0.15) is 5.75 Å². The highest BCUT2D eigenvalue weighted by molar-refractivity contribution is 6.32. The molecule has 0 aromatic heterocycles. The fourth-order valence-corrected chi connectivity index (χ4v) is 3.37. The van der Waals surface area contributed by atoms with Crippen LogP contribution in [-0.2, 0) is 4.79 Å². The molecule has 0 radical (unpaired) electrons. The van der Waals surface area contributed by atoms with Gasteiger partial charge in [0.25, 0.3) is 5.91 Å². The Labute approximate surface area is 177 Å². The van der Waals surface area contributed by atoms with Crippen LogP contribution in [0.5, 0.6) is 5.75 Å². The van der Waals surface area contributed by atoms with Gasteiger partial charge in [-0.3, -0.25) is 4.79 Å². The molecule has 0 aliphatic carbocycles. The minimum Gasteiger partial charge on any atom is -0.479 e. The minimum absolute atomic E-state index is 0.205. The standard InChI is InChI=1S/C25H26ClNO2/c1-4-17(2)21-12-8-9-13-23(21)27-25(28)18(3)29-24-15-14-20(16-22(24)26)19-10-6-5-7-11-19/h5-18H,4H2,1-3H3,(H,27,28)/t17-,18-/m0/s1. The number of halogens is 1. The van der Waals surface area contributed by atoms with Crippen molar-refractivity contribution >= 4 is 23.2 Å². The molecular formula is C25H26ClNO2. The molecule has 29 heavy (non-hydrogen) atoms. The second kappa shape index (κ2) is 9.62. The van der Waals surface area contributed by atoms with Crippen molar-refractivity contribution < 1.29 is 9.53 Å². The molecule has 0 saturated carbocycles. The number of carbonyl (C=O) groups excluding carboxylic acids is 1. The van der Waals surface area contributed by atoms with E-state index in [1.807, 2.05) is 66.7 Å². The van der Waals surface area contributed by atoms with Crippen molar-refractivity contribution in [2.24, 2.45) is 0 Å². The Bertz CT molecular complexity index is 972. The summed E-state index contributed by atoms with van der Waals surface area (Å²) in [5, 5.41) is 3.47. The molecule has 3 nitrogen and oxygen atoms in total. The minimum atomic E-state index is -0.680. The van der Waals surface area contributed by atoms with Gasteiger partial charge in [0, 0.05) is 5.69 Å². The van der Waals surface area contributed by atoms with E-state index in [1.54, 1.807) is 6.92 Å². The highest BCUT2D eigenvalue weighted by Gasteiger charge is 2.19. The van der Waals surface area contributed by atoms with E-state index in [0.717, 1.165) is 28.8 Å². The first-order valence-corrected chi connectivity index (χ1v) is 10.3. The van der Waals surface area contributed by atoms with Crippen LogP contribution in [0.2, 0.25) is 5.02 Å². The molecule has 1 amide bonds. The molecule has 150 valence electrons. The van der Waals surface area contributed by atoms with Crippen LogP contribution in [0, 0.1) is 0 Å². The third-order valence-corrected chi connectivity index (χ3v) is 5.37. The summed E-state index contributed by atoms with van der Waals surface area (Å²) in [5.74, 6) is 0.649. The van der Waals surface area contributed by atoms with Crippen LogP contribution in [0.1, 0.15) is 38.7 Å². The maximum absolute atomic E-state index is 12.7. The first-order valence-electron chi connectivity index (χ1n) is 9.91. The monoisotopic (exact) mass is 407 g/mol. The van der Waals surface area contributed by atoms with E-state index >= 15 is 0 Å². The summed E-state index contributed by atoms with van der Waals surface area (Å²) in [6.45, 7) is 6.01. The smallest absolute Gasteiger partial charge is 0.265 e. The summed E-state index contributed by atoms with van der Waals surface area (Å²) in [5.41, 5.74) is 4.03. The maximum atomic E-state index is 12.7. The van der Waals surface area contributed by atoms with Gasteiger partial charge in [-0.1, -0.05) is 80.0 Å². The molecule has 3 aromatic carbocycles. The average Bonchev–Trinajstić information content (AvgIpc) is 2.75. The number of amides is 1. The van der Waals surface area contributed by atoms with Gasteiger partial charge in [-0.05, 0) is 54.2 Å². The zero-order valence-electron chi connectivity index (χ0n) is 17.0. The lowest BCUT2D eigenvalue weighted by atomic mass is 9.97. The van der Waals surface area contributed by atoms with Gasteiger partial charge >= 0.3 is 0 Å². The molecule has 0 unspecified atom stereocenters. The van der Waals surface area contributed by atoms with Crippen LogP contribution in [-0.4, -0.2) is 12.0 Å². The molecule has 0 aliphatic heterocycles. The van der Waals surface area contributed by atoms with E-state index in [4.69, 9.17) is 16.3 Å². The third kappa shape index (κ3) is 5.18. The Balaban J connectivity index is 1.70. The van der Waals surface area contributed by atoms with Gasteiger partial charge in [-0.15, -0.1) is 0 Å². The van der Waals surface area contributed by atoms with E-state index in [9.17, 15) is 4.79 Å². The number of hydrogen-bond donors (Lipinski definition) is 1. The molecule has 4 heteroatoms. The molecular weight excluding hydrogens is 382 g/mol. The Hall–Kier alpha value is -2.78. The number of ether oxygens (including phenoxy) is 1. The maximum Gasteiger partial charge on any atom is 0.265 e. The molecule has 0 aliphatic rings. The Morgan fingerprint density at radius 1 is 0.966 bits per heavy atom. The van der Waals surface area contributed by atoms with Crippen molar-refractivity contribution in [3.05, 3.63) is 83.4 Å². The van der Waals surface area contributed by atoms with Gasteiger partial charge in [-0.25, -0.2) is 0 Å². The Morgan fingerprint density at radius 3 is 2.34 bits per heavy atom. The largest absolute Gasteiger partial charge is 0.479 e. The van der Waals surface area contributed by atoms with Crippen molar-refractivity contribution in [2.45, 2.75) is 39.2 Å². The number of rotatable bonds is 7. The zero-order valence-corrected chi connectivity index (χ0v) is 17.7. The average molecular weight is 408 g/mol. The predicted octanol–water partition coefficient (Wildman–Crippen LogP) is 6.93. The summed E-state index contributed by atoms with van der Waals surface area (Å²) in [6, 6.07) is 23.5. The number of para-hydroxylation sites is 1. The van der Waals surface area contributed by atoms with E-state index in [-0.39, 0.29) is 5.91 Å². The van der Waals surface area contributed by atoms with Crippen molar-refractivity contribution in [2.75, 3.05) is 5.32 Å². The highest BCUT2D eigenvalue weighted by atomic mass is 35.5. The van der Waals surface area contributed by atoms with Crippen LogP contribution in [0.15, 0.2) is 72.8 Å². The van der Waals surface area contributed by atoms with Crippen LogP contribution < -0.4 is 10.1 Å². The van der Waals surface area contributed by atoms with Gasteiger partial charge in [0.15, 0.2) is 6.10 Å². The summed E-state index contributed by atoms with van der Waals surface area (Å²) >= 11 is 6.42. The quantitative estimate of drug-likeness (QED) is 0.461. The molecule has 3 aromatic rings. The van der Waals surface area contributed by atoms with Crippen LogP contribution in [0.3, 0.4) is 0 Å². The molecule has 0 saturated heterocycles. The number of benzene rings is 3. The highest BCUT2D eigenvalue weighted by Crippen LogP contribution is 2.31. The second-order valence-electron chi connectivity index (χ2n) is 7.16. The fraction of sp³-hybridized carbons (Fsp3) is 0.240. The summed E-state index contributed by atoms with van der Waals surface area (Å²) in [7, 11) is 0. The second-order valence-corrected chi connectivity index (χ2v) is 7.56. The van der Waals surface area contributed by atoms with Gasteiger partial charge in [-0.2, -0.15) is 0 Å². The van der Waals surface area contributed by atoms with E-state index in [0.29, 0.717) is 16.7 Å². The Kier molecular flexibility index (Phi) is 6.95.